The van der Waals surface area contributed by atoms with Crippen LogP contribution >= 0.6 is 22.6 Å². The van der Waals surface area contributed by atoms with Crippen LogP contribution in [0.15, 0.2) is 54.7 Å². The Labute approximate surface area is 180 Å². The van der Waals surface area contributed by atoms with E-state index in [0.717, 1.165) is 14.7 Å². The zero-order valence-corrected chi connectivity index (χ0v) is 17.7. The van der Waals surface area contributed by atoms with Crippen LogP contribution in [0.25, 0.3) is 0 Å². The first-order valence-electron chi connectivity index (χ1n) is 9.18. The first-order chi connectivity index (χ1) is 13.9. The van der Waals surface area contributed by atoms with Crippen LogP contribution in [0.2, 0.25) is 0 Å². The second kappa shape index (κ2) is 8.10. The summed E-state index contributed by atoms with van der Waals surface area (Å²) in [5, 5.41) is 10.2. The number of nitrogens with one attached hydrogen (secondary N) is 2. The second-order valence-electron chi connectivity index (χ2n) is 7.06. The number of alkyl halides is 2. The van der Waals surface area contributed by atoms with Crippen molar-refractivity contribution < 1.29 is 13.6 Å². The summed E-state index contributed by atoms with van der Waals surface area (Å²) in [6, 6.07) is 13.7. The molecule has 0 saturated heterocycles. The number of aromatic nitrogens is 2. The SMILES string of the molecule is Cc1ccc([C@H]2C[C@H](C(F)F)n3ncc(C(=O)Nc4cccc(I)c4)c3N2)cc1. The highest BCUT2D eigenvalue weighted by Crippen LogP contribution is 2.39. The molecule has 0 fully saturated rings. The molecule has 0 saturated carbocycles. The zero-order valence-electron chi connectivity index (χ0n) is 15.6. The van der Waals surface area contributed by atoms with Gasteiger partial charge in [-0.05, 0) is 59.7 Å². The van der Waals surface area contributed by atoms with Crippen LogP contribution in [0.3, 0.4) is 0 Å². The van der Waals surface area contributed by atoms with Crippen molar-refractivity contribution in [2.75, 3.05) is 10.6 Å². The number of amides is 1. The standard InChI is InChI=1S/C21H19F2IN4O/c1-12-5-7-13(8-6-12)17-10-18(19(22)23)28-20(27-17)16(11-25-28)21(29)26-15-4-2-3-14(24)9-15/h2-9,11,17-19,27H,10H2,1H3,(H,26,29)/t17-,18-/m1/s1. The Morgan fingerprint density at radius 1 is 1.28 bits per heavy atom. The van der Waals surface area contributed by atoms with E-state index in [2.05, 4.69) is 38.3 Å². The monoisotopic (exact) mass is 508 g/mol. The molecule has 1 aromatic heterocycles. The Hall–Kier alpha value is -2.49. The summed E-state index contributed by atoms with van der Waals surface area (Å²) in [5.74, 6) is -0.0754. The molecule has 150 valence electrons. The Morgan fingerprint density at radius 2 is 2.03 bits per heavy atom. The van der Waals surface area contributed by atoms with Crippen molar-refractivity contribution in [3.05, 3.63) is 75.0 Å². The Bertz CT molecular complexity index is 1040. The van der Waals surface area contributed by atoms with Gasteiger partial charge in [0.2, 0.25) is 0 Å². The maximum absolute atomic E-state index is 13.8. The third-order valence-corrected chi connectivity index (χ3v) is 5.67. The molecule has 8 heteroatoms. The zero-order chi connectivity index (χ0) is 20.5. The fraction of sp³-hybridized carbons (Fsp3) is 0.238. The molecule has 0 spiro atoms. The van der Waals surface area contributed by atoms with Gasteiger partial charge < -0.3 is 10.6 Å². The van der Waals surface area contributed by atoms with Gasteiger partial charge in [0.25, 0.3) is 12.3 Å². The van der Waals surface area contributed by atoms with E-state index in [9.17, 15) is 13.6 Å². The van der Waals surface area contributed by atoms with Gasteiger partial charge in [-0.3, -0.25) is 4.79 Å². The lowest BCUT2D eigenvalue weighted by Gasteiger charge is -2.32. The van der Waals surface area contributed by atoms with Crippen LogP contribution in [0.4, 0.5) is 20.3 Å². The number of carbonyl (C=O) groups is 1. The first kappa shape index (κ1) is 19.8. The quantitative estimate of drug-likeness (QED) is 0.464. The largest absolute Gasteiger partial charge is 0.363 e. The van der Waals surface area contributed by atoms with Crippen molar-refractivity contribution in [1.29, 1.82) is 0 Å². The van der Waals surface area contributed by atoms with E-state index < -0.39 is 18.4 Å². The molecule has 1 aliphatic rings. The number of anilines is 2. The van der Waals surface area contributed by atoms with Gasteiger partial charge in [-0.1, -0.05) is 35.9 Å². The van der Waals surface area contributed by atoms with E-state index in [1.807, 2.05) is 49.4 Å². The van der Waals surface area contributed by atoms with Crippen LogP contribution in [-0.2, 0) is 0 Å². The molecule has 2 aromatic carbocycles. The molecule has 0 bridgehead atoms. The number of fused-ring (bicyclic) bond motifs is 1. The molecule has 3 aromatic rings. The first-order valence-corrected chi connectivity index (χ1v) is 10.3. The smallest absolute Gasteiger partial charge is 0.261 e. The normalized spacial score (nSPS) is 18.2. The Morgan fingerprint density at radius 3 is 2.72 bits per heavy atom. The maximum atomic E-state index is 13.8. The molecule has 2 N–H and O–H groups in total. The van der Waals surface area contributed by atoms with Gasteiger partial charge in [-0.25, -0.2) is 13.5 Å². The minimum atomic E-state index is -2.59. The Balaban J connectivity index is 1.66. The molecule has 0 radical (unpaired) electrons. The van der Waals surface area contributed by atoms with Crippen LogP contribution in [-0.4, -0.2) is 22.1 Å². The molecule has 4 rings (SSSR count). The summed E-state index contributed by atoms with van der Waals surface area (Å²) in [6.45, 7) is 1.97. The number of hydrogen-bond donors (Lipinski definition) is 2. The van der Waals surface area contributed by atoms with Crippen LogP contribution < -0.4 is 10.6 Å². The van der Waals surface area contributed by atoms with E-state index in [1.165, 1.54) is 10.9 Å². The molecule has 0 aliphatic carbocycles. The second-order valence-corrected chi connectivity index (χ2v) is 8.31. The summed E-state index contributed by atoms with van der Waals surface area (Å²) in [5.41, 5.74) is 2.87. The number of benzene rings is 2. The molecule has 0 unspecified atom stereocenters. The lowest BCUT2D eigenvalue weighted by molar-refractivity contribution is 0.0657. The van der Waals surface area contributed by atoms with Crippen molar-refractivity contribution >= 4 is 40.0 Å². The topological polar surface area (TPSA) is 59.0 Å². The number of rotatable bonds is 4. The van der Waals surface area contributed by atoms with Gasteiger partial charge in [-0.2, -0.15) is 5.10 Å². The summed E-state index contributed by atoms with van der Waals surface area (Å²) in [7, 11) is 0. The van der Waals surface area contributed by atoms with E-state index in [1.54, 1.807) is 6.07 Å². The average Bonchev–Trinajstić information content (AvgIpc) is 3.12. The summed E-state index contributed by atoms with van der Waals surface area (Å²) >= 11 is 2.16. The molecule has 2 heterocycles. The molecule has 5 nitrogen and oxygen atoms in total. The summed E-state index contributed by atoms with van der Waals surface area (Å²) in [4.78, 5) is 12.8. The van der Waals surface area contributed by atoms with Gasteiger partial charge in [0.15, 0.2) is 0 Å². The minimum Gasteiger partial charge on any atom is -0.363 e. The van der Waals surface area contributed by atoms with Crippen molar-refractivity contribution in [2.45, 2.75) is 31.9 Å². The molecular weight excluding hydrogens is 489 g/mol. The minimum absolute atomic E-state index is 0.188. The van der Waals surface area contributed by atoms with E-state index in [4.69, 9.17) is 0 Å². The number of nitrogens with zero attached hydrogens (tertiary/aromatic N) is 2. The average molecular weight is 508 g/mol. The number of carbonyl (C=O) groups excluding carboxylic acids is 1. The van der Waals surface area contributed by atoms with Gasteiger partial charge >= 0.3 is 0 Å². The molecule has 29 heavy (non-hydrogen) atoms. The van der Waals surface area contributed by atoms with Crippen molar-refractivity contribution in [3.8, 4) is 0 Å². The Kier molecular flexibility index (Phi) is 5.53. The molecular formula is C21H19F2IN4O. The van der Waals surface area contributed by atoms with E-state index in [-0.39, 0.29) is 18.0 Å². The molecule has 2 atom stereocenters. The van der Waals surface area contributed by atoms with Crippen molar-refractivity contribution in [3.63, 3.8) is 0 Å². The van der Waals surface area contributed by atoms with Gasteiger partial charge in [-0.15, -0.1) is 0 Å². The summed E-state index contributed by atoms with van der Waals surface area (Å²) < 4.78 is 29.7. The fourth-order valence-electron chi connectivity index (χ4n) is 3.48. The highest BCUT2D eigenvalue weighted by atomic mass is 127. The van der Waals surface area contributed by atoms with Crippen molar-refractivity contribution in [1.82, 2.24) is 9.78 Å². The predicted octanol–water partition coefficient (Wildman–Crippen LogP) is 5.41. The van der Waals surface area contributed by atoms with Gasteiger partial charge in [0.05, 0.1) is 12.2 Å². The molecule has 1 aliphatic heterocycles. The number of hydrogen-bond acceptors (Lipinski definition) is 3. The van der Waals surface area contributed by atoms with Gasteiger partial charge in [0, 0.05) is 9.26 Å². The maximum Gasteiger partial charge on any atom is 0.261 e. The lowest BCUT2D eigenvalue weighted by atomic mass is 9.96. The van der Waals surface area contributed by atoms with E-state index in [0.29, 0.717) is 11.5 Å². The van der Waals surface area contributed by atoms with Gasteiger partial charge in [0.1, 0.15) is 17.4 Å². The highest BCUT2D eigenvalue weighted by molar-refractivity contribution is 14.1. The number of aryl methyl sites for hydroxylation is 1. The summed E-state index contributed by atoms with van der Waals surface area (Å²) in [6.07, 6.45) is -1.05. The number of halogens is 3. The van der Waals surface area contributed by atoms with Crippen LogP contribution in [0.1, 0.15) is 40.0 Å². The van der Waals surface area contributed by atoms with E-state index >= 15 is 0 Å². The molecule has 1 amide bonds. The third-order valence-electron chi connectivity index (χ3n) is 5.00. The highest BCUT2D eigenvalue weighted by Gasteiger charge is 2.36. The predicted molar refractivity (Wildman–Crippen MR) is 117 cm³/mol. The lowest BCUT2D eigenvalue weighted by Crippen LogP contribution is -2.31. The van der Waals surface area contributed by atoms with Crippen LogP contribution in [0.5, 0.6) is 0 Å². The third kappa shape index (κ3) is 4.12. The van der Waals surface area contributed by atoms with Crippen LogP contribution in [0, 0.1) is 10.5 Å². The van der Waals surface area contributed by atoms with Crippen molar-refractivity contribution in [2.24, 2.45) is 0 Å². The fourth-order valence-corrected chi connectivity index (χ4v) is 4.02.